The molecule has 18 heavy (non-hydrogen) atoms. The van der Waals surface area contributed by atoms with Crippen molar-refractivity contribution in [2.24, 2.45) is 5.84 Å². The van der Waals surface area contributed by atoms with E-state index >= 15 is 0 Å². The van der Waals surface area contributed by atoms with E-state index in [1.165, 1.54) is 0 Å². The third-order valence-corrected chi connectivity index (χ3v) is 2.90. The molecule has 4 nitrogen and oxygen atoms in total. The van der Waals surface area contributed by atoms with E-state index in [9.17, 15) is 0 Å². The minimum atomic E-state index is -0.161. The molecule has 0 aliphatic heterocycles. The molecule has 3 N–H and O–H groups in total. The van der Waals surface area contributed by atoms with Gasteiger partial charge in [0.2, 0.25) is 0 Å². The molecule has 0 spiro atoms. The van der Waals surface area contributed by atoms with Gasteiger partial charge in [-0.1, -0.05) is 17.7 Å². The first-order valence-electron chi connectivity index (χ1n) is 5.61. The van der Waals surface area contributed by atoms with Crippen LogP contribution >= 0.6 is 11.6 Å². The molecule has 0 fully saturated rings. The first kappa shape index (κ1) is 13.0. The third-order valence-electron chi connectivity index (χ3n) is 2.67. The van der Waals surface area contributed by atoms with Gasteiger partial charge in [-0.05, 0) is 31.2 Å². The SMILES string of the molecule is CC(Oc1cccc(Cl)c1)C(NN)c1ccoc1. The Morgan fingerprint density at radius 3 is 2.83 bits per heavy atom. The van der Waals surface area contributed by atoms with Crippen LogP contribution in [0.2, 0.25) is 5.02 Å². The van der Waals surface area contributed by atoms with Gasteiger partial charge in [0, 0.05) is 10.6 Å². The van der Waals surface area contributed by atoms with Crippen LogP contribution in [0.1, 0.15) is 18.5 Å². The summed E-state index contributed by atoms with van der Waals surface area (Å²) in [6, 6.07) is 8.96. The Balaban J connectivity index is 2.08. The fourth-order valence-electron chi connectivity index (χ4n) is 1.78. The van der Waals surface area contributed by atoms with Crippen molar-refractivity contribution in [2.75, 3.05) is 0 Å². The quantitative estimate of drug-likeness (QED) is 0.645. The van der Waals surface area contributed by atoms with Crippen molar-refractivity contribution in [1.29, 1.82) is 0 Å². The Labute approximate surface area is 111 Å². The lowest BCUT2D eigenvalue weighted by Gasteiger charge is -2.23. The topological polar surface area (TPSA) is 60.4 Å². The Bertz CT molecular complexity index is 487. The molecule has 2 unspecified atom stereocenters. The Morgan fingerprint density at radius 2 is 2.22 bits per heavy atom. The van der Waals surface area contributed by atoms with Crippen LogP contribution in [0.3, 0.4) is 0 Å². The Morgan fingerprint density at radius 1 is 1.39 bits per heavy atom. The number of nitrogens with two attached hydrogens (primary N) is 1. The maximum atomic E-state index is 5.91. The fourth-order valence-corrected chi connectivity index (χ4v) is 1.96. The molecule has 0 aliphatic rings. The van der Waals surface area contributed by atoms with Crippen molar-refractivity contribution in [3.05, 3.63) is 53.4 Å². The van der Waals surface area contributed by atoms with Crippen LogP contribution in [-0.4, -0.2) is 6.10 Å². The molecule has 2 rings (SSSR count). The average molecular weight is 267 g/mol. The van der Waals surface area contributed by atoms with Crippen LogP contribution < -0.4 is 16.0 Å². The zero-order valence-corrected chi connectivity index (χ0v) is 10.7. The zero-order valence-electron chi connectivity index (χ0n) is 9.97. The van der Waals surface area contributed by atoms with Gasteiger partial charge in [-0.15, -0.1) is 0 Å². The number of nitrogens with one attached hydrogen (secondary N) is 1. The second-order valence-electron chi connectivity index (χ2n) is 3.98. The zero-order chi connectivity index (χ0) is 13.0. The largest absolute Gasteiger partial charge is 0.489 e. The molecule has 0 aliphatic carbocycles. The van der Waals surface area contributed by atoms with E-state index < -0.39 is 0 Å². The summed E-state index contributed by atoms with van der Waals surface area (Å²) in [4.78, 5) is 0. The lowest BCUT2D eigenvalue weighted by Crippen LogP contribution is -2.37. The minimum absolute atomic E-state index is 0.150. The van der Waals surface area contributed by atoms with Crippen LogP contribution in [-0.2, 0) is 0 Å². The highest BCUT2D eigenvalue weighted by Crippen LogP contribution is 2.23. The molecular weight excluding hydrogens is 252 g/mol. The van der Waals surface area contributed by atoms with E-state index in [1.807, 2.05) is 25.1 Å². The maximum Gasteiger partial charge on any atom is 0.121 e. The highest BCUT2D eigenvalue weighted by Gasteiger charge is 2.20. The van der Waals surface area contributed by atoms with E-state index in [-0.39, 0.29) is 12.1 Å². The van der Waals surface area contributed by atoms with Crippen LogP contribution in [0.5, 0.6) is 5.75 Å². The van der Waals surface area contributed by atoms with Crippen molar-refractivity contribution < 1.29 is 9.15 Å². The lowest BCUT2D eigenvalue weighted by molar-refractivity contribution is 0.170. The van der Waals surface area contributed by atoms with E-state index in [1.54, 1.807) is 24.7 Å². The van der Waals surface area contributed by atoms with Gasteiger partial charge < -0.3 is 9.15 Å². The molecule has 1 aromatic carbocycles. The van der Waals surface area contributed by atoms with Gasteiger partial charge in [-0.2, -0.15) is 0 Å². The summed E-state index contributed by atoms with van der Waals surface area (Å²) in [5.74, 6) is 6.26. The minimum Gasteiger partial charge on any atom is -0.489 e. The highest BCUT2D eigenvalue weighted by molar-refractivity contribution is 6.30. The van der Waals surface area contributed by atoms with E-state index in [2.05, 4.69) is 5.43 Å². The van der Waals surface area contributed by atoms with Crippen molar-refractivity contribution in [2.45, 2.75) is 19.1 Å². The van der Waals surface area contributed by atoms with Gasteiger partial charge in [0.25, 0.3) is 0 Å². The molecule has 0 radical (unpaired) electrons. The number of hydrogen-bond acceptors (Lipinski definition) is 4. The molecule has 2 atom stereocenters. The fraction of sp³-hybridized carbons (Fsp3) is 0.231. The van der Waals surface area contributed by atoms with Crippen LogP contribution in [0.25, 0.3) is 0 Å². The second-order valence-corrected chi connectivity index (χ2v) is 4.42. The number of halogens is 1. The summed E-state index contributed by atoms with van der Waals surface area (Å²) < 4.78 is 10.8. The van der Waals surface area contributed by atoms with Gasteiger partial charge in [-0.3, -0.25) is 5.84 Å². The normalized spacial score (nSPS) is 14.2. The summed E-state index contributed by atoms with van der Waals surface area (Å²) in [6.45, 7) is 1.93. The van der Waals surface area contributed by atoms with Crippen LogP contribution in [0, 0.1) is 0 Å². The Kier molecular flexibility index (Phi) is 4.25. The third kappa shape index (κ3) is 3.04. The lowest BCUT2D eigenvalue weighted by atomic mass is 10.1. The molecule has 0 saturated carbocycles. The second kappa shape index (κ2) is 5.91. The molecule has 0 saturated heterocycles. The molecule has 1 heterocycles. The van der Waals surface area contributed by atoms with Crippen molar-refractivity contribution in [3.63, 3.8) is 0 Å². The smallest absolute Gasteiger partial charge is 0.121 e. The monoisotopic (exact) mass is 266 g/mol. The van der Waals surface area contributed by atoms with Gasteiger partial charge in [0.15, 0.2) is 0 Å². The number of furan rings is 1. The van der Waals surface area contributed by atoms with Gasteiger partial charge >= 0.3 is 0 Å². The van der Waals surface area contributed by atoms with Crippen LogP contribution in [0.15, 0.2) is 47.3 Å². The first-order chi connectivity index (χ1) is 8.70. The molecule has 0 amide bonds. The van der Waals surface area contributed by atoms with E-state index in [4.69, 9.17) is 26.6 Å². The molecule has 96 valence electrons. The van der Waals surface area contributed by atoms with Crippen molar-refractivity contribution in [3.8, 4) is 5.75 Å². The van der Waals surface area contributed by atoms with Crippen LogP contribution in [0.4, 0.5) is 0 Å². The molecule has 5 heteroatoms. The summed E-state index contributed by atoms with van der Waals surface area (Å²) in [7, 11) is 0. The van der Waals surface area contributed by atoms with Crippen molar-refractivity contribution >= 4 is 11.6 Å². The Hall–Kier alpha value is -1.49. The van der Waals surface area contributed by atoms with E-state index in [0.29, 0.717) is 10.8 Å². The predicted molar refractivity (Wildman–Crippen MR) is 70.3 cm³/mol. The number of rotatable bonds is 5. The molecule has 1 aromatic heterocycles. The highest BCUT2D eigenvalue weighted by atomic mass is 35.5. The molecular formula is C13H15ClN2O2. The summed E-state index contributed by atoms with van der Waals surface area (Å²) in [5, 5.41) is 0.639. The number of hydrazine groups is 1. The van der Waals surface area contributed by atoms with E-state index in [0.717, 1.165) is 5.56 Å². The molecule has 2 aromatic rings. The standard InChI is InChI=1S/C13H15ClN2O2/c1-9(13(16-15)10-5-6-17-8-10)18-12-4-2-3-11(14)7-12/h2-9,13,16H,15H2,1H3. The average Bonchev–Trinajstić information content (AvgIpc) is 2.83. The maximum absolute atomic E-state index is 5.91. The predicted octanol–water partition coefficient (Wildman–Crippen LogP) is 2.90. The number of benzene rings is 1. The summed E-state index contributed by atoms with van der Waals surface area (Å²) in [6.07, 6.45) is 3.08. The van der Waals surface area contributed by atoms with Gasteiger partial charge in [0.1, 0.15) is 11.9 Å². The first-order valence-corrected chi connectivity index (χ1v) is 5.99. The number of hydrogen-bond donors (Lipinski definition) is 2. The van der Waals surface area contributed by atoms with Gasteiger partial charge in [0.05, 0.1) is 18.6 Å². The van der Waals surface area contributed by atoms with Gasteiger partial charge in [-0.25, -0.2) is 5.43 Å². The number of ether oxygens (including phenoxy) is 1. The van der Waals surface area contributed by atoms with Crippen molar-refractivity contribution in [1.82, 2.24) is 5.43 Å². The summed E-state index contributed by atoms with van der Waals surface area (Å²) >= 11 is 5.91. The summed E-state index contributed by atoms with van der Waals surface area (Å²) in [5.41, 5.74) is 3.66. The molecule has 0 bridgehead atoms.